The van der Waals surface area contributed by atoms with Crippen LogP contribution >= 0.6 is 0 Å². The quantitative estimate of drug-likeness (QED) is 0.295. The van der Waals surface area contributed by atoms with Crippen molar-refractivity contribution in [3.63, 3.8) is 0 Å². The topological polar surface area (TPSA) is 80.9 Å². The van der Waals surface area contributed by atoms with Crippen LogP contribution in [0.2, 0.25) is 0 Å². The second-order valence-corrected chi connectivity index (χ2v) is 8.82. The van der Waals surface area contributed by atoms with E-state index in [9.17, 15) is 20.4 Å². The highest BCUT2D eigenvalue weighted by Gasteiger charge is 2.40. The van der Waals surface area contributed by atoms with Gasteiger partial charge in [-0.1, -0.05) is 55.5 Å². The molecule has 4 heteroatoms. The number of aromatic hydroxyl groups is 4. The fraction of sp³-hybridized carbons (Fsp3) is 0.172. The van der Waals surface area contributed by atoms with Gasteiger partial charge in [-0.15, -0.1) is 0 Å². The molecule has 4 N–H and O–H groups in total. The average molecular weight is 441 g/mol. The second-order valence-electron chi connectivity index (χ2n) is 8.82. The Hall–Kier alpha value is -3.92. The zero-order chi connectivity index (χ0) is 23.8. The molecule has 0 heterocycles. The third-order valence-corrected chi connectivity index (χ3v) is 6.62. The van der Waals surface area contributed by atoms with Crippen LogP contribution in [0.15, 0.2) is 84.9 Å². The number of hydrogen-bond donors (Lipinski definition) is 4. The smallest absolute Gasteiger partial charge is 0.118 e. The first-order chi connectivity index (χ1) is 15.7. The molecule has 0 aromatic heterocycles. The molecule has 0 aliphatic carbocycles. The Morgan fingerprint density at radius 3 is 1.24 bits per heavy atom. The fourth-order valence-corrected chi connectivity index (χ4v) is 4.69. The molecule has 0 spiro atoms. The van der Waals surface area contributed by atoms with Gasteiger partial charge >= 0.3 is 0 Å². The largest absolute Gasteiger partial charge is 0.508 e. The summed E-state index contributed by atoms with van der Waals surface area (Å²) < 4.78 is 0. The highest BCUT2D eigenvalue weighted by Crippen LogP contribution is 2.49. The van der Waals surface area contributed by atoms with Gasteiger partial charge in [0.2, 0.25) is 0 Å². The average Bonchev–Trinajstić information content (AvgIpc) is 2.79. The summed E-state index contributed by atoms with van der Waals surface area (Å²) >= 11 is 0. The standard InChI is InChI=1S/C29H28O4/c1-18-16-20(4-14-26(18)32)28(21-5-15-27(33)19(2)17-21)29(3,22-6-10-24(30)11-7-22)23-8-12-25(31)13-9-23/h4-17,28,30-33H,1-3H3. The summed E-state index contributed by atoms with van der Waals surface area (Å²) in [7, 11) is 0. The van der Waals surface area contributed by atoms with Crippen LogP contribution in [0, 0.1) is 13.8 Å². The predicted molar refractivity (Wildman–Crippen MR) is 130 cm³/mol. The Morgan fingerprint density at radius 2 is 0.909 bits per heavy atom. The molecule has 0 atom stereocenters. The minimum absolute atomic E-state index is 0.185. The van der Waals surface area contributed by atoms with Gasteiger partial charge in [-0.05, 0) is 83.6 Å². The van der Waals surface area contributed by atoms with Crippen molar-refractivity contribution in [3.05, 3.63) is 118 Å². The molecule has 4 aromatic carbocycles. The van der Waals surface area contributed by atoms with E-state index in [0.29, 0.717) is 0 Å². The van der Waals surface area contributed by atoms with Gasteiger partial charge in [0.15, 0.2) is 0 Å². The molecule has 4 rings (SSSR count). The third-order valence-electron chi connectivity index (χ3n) is 6.62. The first-order valence-electron chi connectivity index (χ1n) is 10.9. The molecule has 0 aliphatic rings. The van der Waals surface area contributed by atoms with Crippen molar-refractivity contribution in [1.82, 2.24) is 0 Å². The van der Waals surface area contributed by atoms with E-state index in [1.54, 1.807) is 36.4 Å². The van der Waals surface area contributed by atoms with E-state index >= 15 is 0 Å². The predicted octanol–water partition coefficient (Wildman–Crippen LogP) is 6.26. The van der Waals surface area contributed by atoms with E-state index in [1.165, 1.54) is 0 Å². The van der Waals surface area contributed by atoms with Gasteiger partial charge in [0.1, 0.15) is 23.0 Å². The van der Waals surface area contributed by atoms with Crippen molar-refractivity contribution in [1.29, 1.82) is 0 Å². The number of phenols is 4. The molecule has 0 saturated carbocycles. The number of phenolic OH excluding ortho intramolecular Hbond substituents is 4. The minimum atomic E-state index is -0.617. The summed E-state index contributed by atoms with van der Waals surface area (Å²) in [6, 6.07) is 25.6. The van der Waals surface area contributed by atoms with Crippen molar-refractivity contribution in [2.24, 2.45) is 0 Å². The minimum Gasteiger partial charge on any atom is -0.508 e. The number of hydrogen-bond acceptors (Lipinski definition) is 4. The number of aryl methyl sites for hydroxylation is 2. The molecular formula is C29H28O4. The molecule has 4 aromatic rings. The normalized spacial score (nSPS) is 11.6. The molecule has 0 amide bonds. The maximum Gasteiger partial charge on any atom is 0.118 e. The first-order valence-corrected chi connectivity index (χ1v) is 10.9. The summed E-state index contributed by atoms with van der Waals surface area (Å²) in [5.41, 5.74) is 4.88. The molecule has 0 saturated heterocycles. The zero-order valence-corrected chi connectivity index (χ0v) is 18.9. The van der Waals surface area contributed by atoms with Gasteiger partial charge in [0.25, 0.3) is 0 Å². The van der Waals surface area contributed by atoms with Crippen LogP contribution in [-0.4, -0.2) is 20.4 Å². The fourth-order valence-electron chi connectivity index (χ4n) is 4.69. The third kappa shape index (κ3) is 4.12. The maximum absolute atomic E-state index is 10.2. The number of rotatable bonds is 5. The van der Waals surface area contributed by atoms with E-state index in [-0.39, 0.29) is 28.9 Å². The molecule has 0 fully saturated rings. The van der Waals surface area contributed by atoms with Crippen LogP contribution in [0.1, 0.15) is 46.2 Å². The Morgan fingerprint density at radius 1 is 0.545 bits per heavy atom. The van der Waals surface area contributed by atoms with Gasteiger partial charge in [-0.25, -0.2) is 0 Å². The lowest BCUT2D eigenvalue weighted by atomic mass is 9.62. The maximum atomic E-state index is 10.2. The molecule has 0 aliphatic heterocycles. The highest BCUT2D eigenvalue weighted by molar-refractivity contribution is 5.53. The van der Waals surface area contributed by atoms with Gasteiger partial charge < -0.3 is 20.4 Å². The molecule has 0 unspecified atom stereocenters. The van der Waals surface area contributed by atoms with Crippen LogP contribution < -0.4 is 0 Å². The molecule has 0 bridgehead atoms. The molecule has 0 radical (unpaired) electrons. The molecular weight excluding hydrogens is 412 g/mol. The van der Waals surface area contributed by atoms with E-state index in [0.717, 1.165) is 33.4 Å². The highest BCUT2D eigenvalue weighted by atomic mass is 16.3. The van der Waals surface area contributed by atoms with Crippen molar-refractivity contribution in [2.75, 3.05) is 0 Å². The van der Waals surface area contributed by atoms with Gasteiger partial charge in [-0.3, -0.25) is 0 Å². The van der Waals surface area contributed by atoms with Gasteiger partial charge in [-0.2, -0.15) is 0 Å². The molecule has 4 nitrogen and oxygen atoms in total. The molecule has 33 heavy (non-hydrogen) atoms. The summed E-state index contributed by atoms with van der Waals surface area (Å²) in [6.45, 7) is 5.88. The monoisotopic (exact) mass is 440 g/mol. The van der Waals surface area contributed by atoms with E-state index in [1.807, 2.05) is 62.4 Å². The SMILES string of the molecule is Cc1cc(C(c2ccc(O)c(C)c2)C(C)(c2ccc(O)cc2)c2ccc(O)cc2)ccc1O. The first kappa shape index (κ1) is 22.3. The second kappa shape index (κ2) is 8.55. The Labute approximate surface area is 194 Å². The lowest BCUT2D eigenvalue weighted by molar-refractivity contribution is 0.461. The Balaban J connectivity index is 2.06. The van der Waals surface area contributed by atoms with Crippen LogP contribution in [0.5, 0.6) is 23.0 Å². The lowest BCUT2D eigenvalue weighted by Gasteiger charge is -2.40. The number of benzene rings is 4. The van der Waals surface area contributed by atoms with Crippen LogP contribution in [0.3, 0.4) is 0 Å². The van der Waals surface area contributed by atoms with Crippen LogP contribution in [-0.2, 0) is 5.41 Å². The molecule has 168 valence electrons. The van der Waals surface area contributed by atoms with Crippen LogP contribution in [0.25, 0.3) is 0 Å². The Bertz CT molecular complexity index is 1180. The lowest BCUT2D eigenvalue weighted by Crippen LogP contribution is -2.33. The zero-order valence-electron chi connectivity index (χ0n) is 18.9. The Kier molecular flexibility index (Phi) is 5.77. The summed E-state index contributed by atoms with van der Waals surface area (Å²) in [4.78, 5) is 0. The van der Waals surface area contributed by atoms with Gasteiger partial charge in [0.05, 0.1) is 0 Å². The van der Waals surface area contributed by atoms with E-state index in [2.05, 4.69) is 6.92 Å². The van der Waals surface area contributed by atoms with E-state index < -0.39 is 5.41 Å². The van der Waals surface area contributed by atoms with Gasteiger partial charge in [0, 0.05) is 11.3 Å². The summed E-state index contributed by atoms with van der Waals surface area (Å²) in [6.07, 6.45) is 0. The van der Waals surface area contributed by atoms with Crippen molar-refractivity contribution in [2.45, 2.75) is 32.1 Å². The summed E-state index contributed by atoms with van der Waals surface area (Å²) in [5.74, 6) is 0.629. The van der Waals surface area contributed by atoms with Crippen molar-refractivity contribution < 1.29 is 20.4 Å². The summed E-state index contributed by atoms with van der Waals surface area (Å²) in [5, 5.41) is 40.3. The van der Waals surface area contributed by atoms with Crippen LogP contribution in [0.4, 0.5) is 0 Å². The van der Waals surface area contributed by atoms with E-state index in [4.69, 9.17) is 0 Å². The van der Waals surface area contributed by atoms with Crippen molar-refractivity contribution in [3.8, 4) is 23.0 Å². The van der Waals surface area contributed by atoms with Crippen molar-refractivity contribution >= 4 is 0 Å².